The van der Waals surface area contributed by atoms with Crippen LogP contribution in [-0.4, -0.2) is 30.0 Å². The fourth-order valence-corrected chi connectivity index (χ4v) is 2.15. The summed E-state index contributed by atoms with van der Waals surface area (Å²) >= 11 is 0. The van der Waals surface area contributed by atoms with Crippen molar-refractivity contribution < 1.29 is 31.9 Å². The van der Waals surface area contributed by atoms with Crippen LogP contribution in [0.4, 0.5) is 13.2 Å². The number of carbonyl (C=O) groups excluding carboxylic acids is 1. The van der Waals surface area contributed by atoms with Gasteiger partial charge in [0.2, 0.25) is 6.41 Å². The number of hydrogen-bond donors (Lipinski definition) is 1. The summed E-state index contributed by atoms with van der Waals surface area (Å²) < 4.78 is 51.0. The molecule has 0 spiro atoms. The van der Waals surface area contributed by atoms with Crippen LogP contribution >= 0.6 is 0 Å². The van der Waals surface area contributed by atoms with Crippen molar-refractivity contribution in [2.45, 2.75) is 19.3 Å². The molecule has 2 aromatic rings. The molecule has 0 bridgehead atoms. The van der Waals surface area contributed by atoms with Crippen LogP contribution in [0.3, 0.4) is 0 Å². The number of benzene rings is 1. The second kappa shape index (κ2) is 6.75. The van der Waals surface area contributed by atoms with Crippen molar-refractivity contribution in [3.8, 4) is 5.75 Å². The SMILES string of the molecule is O=CNC1OC(c2ccco2)=NN1Cc1ccc(OC(F)(F)F)cc1. The van der Waals surface area contributed by atoms with Crippen molar-refractivity contribution in [2.75, 3.05) is 0 Å². The van der Waals surface area contributed by atoms with Crippen LogP contribution in [0.1, 0.15) is 11.3 Å². The molecule has 132 valence electrons. The first-order chi connectivity index (χ1) is 11.9. The highest BCUT2D eigenvalue weighted by molar-refractivity contribution is 5.92. The van der Waals surface area contributed by atoms with E-state index in [9.17, 15) is 18.0 Å². The van der Waals surface area contributed by atoms with Crippen LogP contribution in [-0.2, 0) is 16.1 Å². The zero-order valence-electron chi connectivity index (χ0n) is 12.6. The van der Waals surface area contributed by atoms with Gasteiger partial charge in [-0.1, -0.05) is 12.1 Å². The first kappa shape index (κ1) is 16.7. The summed E-state index contributed by atoms with van der Waals surface area (Å²) in [5, 5.41) is 8.07. The summed E-state index contributed by atoms with van der Waals surface area (Å²) in [6.07, 6.45) is -3.70. The molecule has 7 nitrogen and oxygen atoms in total. The number of alkyl halides is 3. The fourth-order valence-electron chi connectivity index (χ4n) is 2.15. The lowest BCUT2D eigenvalue weighted by molar-refractivity contribution is -0.274. The van der Waals surface area contributed by atoms with E-state index in [0.717, 1.165) is 0 Å². The molecule has 3 rings (SSSR count). The van der Waals surface area contributed by atoms with E-state index in [0.29, 0.717) is 17.7 Å². The number of nitrogens with one attached hydrogen (secondary N) is 1. The van der Waals surface area contributed by atoms with Gasteiger partial charge in [0.1, 0.15) is 5.75 Å². The standard InChI is InChI=1S/C15H12F3N3O4/c16-15(17,18)25-11-5-3-10(4-6-11)8-21-14(19-9-22)24-13(20-21)12-2-1-7-23-12/h1-7,9,14H,8H2,(H,19,22). The number of hydrazone groups is 1. The lowest BCUT2D eigenvalue weighted by Crippen LogP contribution is -2.40. The number of halogens is 3. The van der Waals surface area contributed by atoms with Crippen LogP contribution in [0.25, 0.3) is 0 Å². The third-order valence-electron chi connectivity index (χ3n) is 3.16. The van der Waals surface area contributed by atoms with Crippen molar-refractivity contribution in [1.82, 2.24) is 10.3 Å². The summed E-state index contributed by atoms with van der Waals surface area (Å²) in [7, 11) is 0. The van der Waals surface area contributed by atoms with E-state index in [2.05, 4.69) is 15.2 Å². The molecule has 0 saturated heterocycles. The van der Waals surface area contributed by atoms with Crippen LogP contribution in [0.15, 0.2) is 52.2 Å². The lowest BCUT2D eigenvalue weighted by Gasteiger charge is -2.20. The average molecular weight is 355 g/mol. The Hall–Kier alpha value is -3.17. The van der Waals surface area contributed by atoms with E-state index in [-0.39, 0.29) is 18.2 Å². The molecule has 1 atom stereocenters. The molecule has 1 aliphatic rings. The van der Waals surface area contributed by atoms with Crippen molar-refractivity contribution >= 4 is 12.3 Å². The zero-order valence-corrected chi connectivity index (χ0v) is 12.6. The van der Waals surface area contributed by atoms with E-state index < -0.39 is 12.7 Å². The summed E-state index contributed by atoms with van der Waals surface area (Å²) in [4.78, 5) is 10.7. The molecule has 0 radical (unpaired) electrons. The third kappa shape index (κ3) is 4.22. The highest BCUT2D eigenvalue weighted by Crippen LogP contribution is 2.24. The van der Waals surface area contributed by atoms with Gasteiger partial charge in [-0.25, -0.2) is 5.01 Å². The largest absolute Gasteiger partial charge is 0.573 e. The Morgan fingerprint density at radius 2 is 2.04 bits per heavy atom. The Balaban J connectivity index is 1.72. The van der Waals surface area contributed by atoms with Gasteiger partial charge in [0.25, 0.3) is 12.2 Å². The van der Waals surface area contributed by atoms with E-state index in [1.807, 2.05) is 0 Å². The molecule has 0 fully saturated rings. The van der Waals surface area contributed by atoms with E-state index in [1.54, 1.807) is 12.1 Å². The maximum atomic E-state index is 12.2. The molecular weight excluding hydrogens is 343 g/mol. The van der Waals surface area contributed by atoms with E-state index in [1.165, 1.54) is 35.5 Å². The molecule has 25 heavy (non-hydrogen) atoms. The first-order valence-corrected chi connectivity index (χ1v) is 7.05. The molecule has 0 aliphatic carbocycles. The van der Waals surface area contributed by atoms with Crippen LogP contribution in [0.2, 0.25) is 0 Å². The molecular formula is C15H12F3N3O4. The van der Waals surface area contributed by atoms with Crippen molar-refractivity contribution in [3.05, 3.63) is 54.0 Å². The minimum atomic E-state index is -4.74. The van der Waals surface area contributed by atoms with E-state index >= 15 is 0 Å². The Bertz CT molecular complexity index is 744. The van der Waals surface area contributed by atoms with Crippen LogP contribution in [0, 0.1) is 0 Å². The molecule has 1 aromatic heterocycles. The molecule has 2 heterocycles. The monoisotopic (exact) mass is 355 g/mol. The Labute approximate surface area is 139 Å². The number of ether oxygens (including phenoxy) is 2. The number of rotatable bonds is 6. The van der Waals surface area contributed by atoms with Crippen molar-refractivity contribution in [2.24, 2.45) is 5.10 Å². The number of carbonyl (C=O) groups is 1. The second-order valence-corrected chi connectivity index (χ2v) is 4.93. The lowest BCUT2D eigenvalue weighted by atomic mass is 10.2. The number of amides is 1. The van der Waals surface area contributed by atoms with Gasteiger partial charge < -0.3 is 19.2 Å². The van der Waals surface area contributed by atoms with Crippen molar-refractivity contribution in [3.63, 3.8) is 0 Å². The van der Waals surface area contributed by atoms with Gasteiger partial charge in [-0.2, -0.15) is 0 Å². The number of furan rings is 1. The van der Waals surface area contributed by atoms with Crippen LogP contribution < -0.4 is 10.1 Å². The summed E-state index contributed by atoms with van der Waals surface area (Å²) in [6.45, 7) is 0.183. The molecule has 10 heteroatoms. The third-order valence-corrected chi connectivity index (χ3v) is 3.16. The molecule has 1 aliphatic heterocycles. The minimum Gasteiger partial charge on any atom is -0.459 e. The Morgan fingerprint density at radius 3 is 2.64 bits per heavy atom. The fraction of sp³-hybridized carbons (Fsp3) is 0.200. The number of nitrogens with zero attached hydrogens (tertiary/aromatic N) is 2. The van der Waals surface area contributed by atoms with Gasteiger partial charge >= 0.3 is 6.36 Å². The Kier molecular flexibility index (Phi) is 4.50. The summed E-state index contributed by atoms with van der Waals surface area (Å²) in [5.41, 5.74) is 0.639. The molecule has 1 N–H and O–H groups in total. The molecule has 1 amide bonds. The van der Waals surface area contributed by atoms with Gasteiger partial charge in [0, 0.05) is 0 Å². The normalized spacial score (nSPS) is 17.0. The highest BCUT2D eigenvalue weighted by atomic mass is 19.4. The van der Waals surface area contributed by atoms with Gasteiger partial charge in [-0.05, 0) is 29.8 Å². The topological polar surface area (TPSA) is 76.3 Å². The zero-order chi connectivity index (χ0) is 17.9. The Morgan fingerprint density at radius 1 is 1.28 bits per heavy atom. The summed E-state index contributed by atoms with van der Waals surface area (Å²) in [5.74, 6) is 0.242. The average Bonchev–Trinajstić information content (AvgIpc) is 3.18. The smallest absolute Gasteiger partial charge is 0.459 e. The van der Waals surface area contributed by atoms with E-state index in [4.69, 9.17) is 9.15 Å². The van der Waals surface area contributed by atoms with Gasteiger partial charge in [-0.15, -0.1) is 18.3 Å². The van der Waals surface area contributed by atoms with Gasteiger partial charge in [-0.3, -0.25) is 4.79 Å². The molecule has 0 saturated carbocycles. The predicted molar refractivity (Wildman–Crippen MR) is 78.0 cm³/mol. The maximum absolute atomic E-state index is 12.2. The van der Waals surface area contributed by atoms with Crippen molar-refractivity contribution in [1.29, 1.82) is 0 Å². The maximum Gasteiger partial charge on any atom is 0.573 e. The quantitative estimate of drug-likeness (QED) is 0.806. The molecule has 1 aromatic carbocycles. The highest BCUT2D eigenvalue weighted by Gasteiger charge is 2.31. The number of hydrogen-bond acceptors (Lipinski definition) is 6. The van der Waals surface area contributed by atoms with Crippen LogP contribution in [0.5, 0.6) is 5.75 Å². The second-order valence-electron chi connectivity index (χ2n) is 4.93. The summed E-state index contributed by atoms with van der Waals surface area (Å²) in [6, 6.07) is 8.60. The first-order valence-electron chi connectivity index (χ1n) is 7.05. The molecule has 1 unspecified atom stereocenters. The van der Waals surface area contributed by atoms with Gasteiger partial charge in [0.15, 0.2) is 5.76 Å². The predicted octanol–water partition coefficient (Wildman–Crippen LogP) is 2.40. The van der Waals surface area contributed by atoms with Gasteiger partial charge in [0.05, 0.1) is 12.8 Å². The minimum absolute atomic E-state index is 0.182.